The van der Waals surface area contributed by atoms with Crippen molar-refractivity contribution < 1.29 is 19.4 Å². The highest BCUT2D eigenvalue weighted by molar-refractivity contribution is 5.82. The molecular formula is C13H19NO4. The molecule has 100 valence electrons. The van der Waals surface area contributed by atoms with E-state index in [1.807, 2.05) is 6.08 Å². The highest BCUT2D eigenvalue weighted by Crippen LogP contribution is 2.29. The minimum atomic E-state index is -1.01. The largest absolute Gasteiger partial charge is 0.481 e. The number of carbonyl (C=O) groups is 2. The maximum Gasteiger partial charge on any atom is 0.313 e. The van der Waals surface area contributed by atoms with Crippen LogP contribution in [0.4, 0.5) is 0 Å². The van der Waals surface area contributed by atoms with Gasteiger partial charge in [0.15, 0.2) is 0 Å². The first kappa shape index (κ1) is 13.1. The molecule has 1 aliphatic heterocycles. The van der Waals surface area contributed by atoms with Gasteiger partial charge in [0.25, 0.3) is 0 Å². The van der Waals surface area contributed by atoms with Gasteiger partial charge in [0, 0.05) is 5.92 Å². The number of nitrogens with one attached hydrogen (secondary N) is 1. The summed E-state index contributed by atoms with van der Waals surface area (Å²) in [5, 5.41) is 12.1. The van der Waals surface area contributed by atoms with Gasteiger partial charge in [0.1, 0.15) is 5.41 Å². The van der Waals surface area contributed by atoms with Crippen LogP contribution >= 0.6 is 0 Å². The Morgan fingerprint density at radius 2 is 2.22 bits per heavy atom. The molecule has 5 heteroatoms. The van der Waals surface area contributed by atoms with Crippen molar-refractivity contribution in [2.75, 3.05) is 13.2 Å². The van der Waals surface area contributed by atoms with E-state index in [-0.39, 0.29) is 25.0 Å². The second-order valence-electron chi connectivity index (χ2n) is 5.28. The Bertz CT molecular complexity index is 379. The lowest BCUT2D eigenvalue weighted by atomic mass is 9.84. The van der Waals surface area contributed by atoms with Gasteiger partial charge >= 0.3 is 5.97 Å². The van der Waals surface area contributed by atoms with Crippen molar-refractivity contribution in [3.05, 3.63) is 12.2 Å². The summed E-state index contributed by atoms with van der Waals surface area (Å²) in [7, 11) is 0. The molecule has 0 saturated carbocycles. The summed E-state index contributed by atoms with van der Waals surface area (Å²) in [4.78, 5) is 23.3. The van der Waals surface area contributed by atoms with E-state index in [9.17, 15) is 14.7 Å². The van der Waals surface area contributed by atoms with Gasteiger partial charge in [-0.1, -0.05) is 12.2 Å². The number of ether oxygens (including phenoxy) is 1. The Kier molecular flexibility index (Phi) is 3.71. The zero-order valence-electron chi connectivity index (χ0n) is 10.5. The quantitative estimate of drug-likeness (QED) is 0.734. The second kappa shape index (κ2) is 5.10. The van der Waals surface area contributed by atoms with Gasteiger partial charge in [-0.3, -0.25) is 9.59 Å². The Morgan fingerprint density at radius 3 is 2.83 bits per heavy atom. The van der Waals surface area contributed by atoms with Gasteiger partial charge in [0.2, 0.25) is 5.91 Å². The van der Waals surface area contributed by atoms with Crippen LogP contribution in [0.25, 0.3) is 0 Å². The molecule has 0 aromatic carbocycles. The minimum Gasteiger partial charge on any atom is -0.481 e. The van der Waals surface area contributed by atoms with E-state index in [1.54, 1.807) is 6.92 Å². The summed E-state index contributed by atoms with van der Waals surface area (Å²) < 4.78 is 5.21. The zero-order valence-corrected chi connectivity index (χ0v) is 10.5. The number of hydrogen-bond donors (Lipinski definition) is 2. The van der Waals surface area contributed by atoms with Crippen molar-refractivity contribution >= 4 is 11.9 Å². The van der Waals surface area contributed by atoms with Crippen LogP contribution in [0.2, 0.25) is 0 Å². The molecule has 1 heterocycles. The molecule has 1 amide bonds. The molecule has 0 radical (unpaired) electrons. The number of hydrogen-bond acceptors (Lipinski definition) is 3. The molecule has 0 bridgehead atoms. The Labute approximate surface area is 106 Å². The second-order valence-corrected chi connectivity index (χ2v) is 5.28. The summed E-state index contributed by atoms with van der Waals surface area (Å²) in [6, 6.07) is -0.437. The maximum atomic E-state index is 12.1. The van der Waals surface area contributed by atoms with Crippen LogP contribution in [0.3, 0.4) is 0 Å². The van der Waals surface area contributed by atoms with Gasteiger partial charge in [-0.05, 0) is 26.2 Å². The predicted octanol–water partition coefficient (Wildman–Crippen LogP) is 0.949. The molecule has 2 N–H and O–H groups in total. The number of amides is 1. The molecule has 0 spiro atoms. The smallest absolute Gasteiger partial charge is 0.313 e. The third kappa shape index (κ3) is 2.41. The normalized spacial score (nSPS) is 35.4. The van der Waals surface area contributed by atoms with E-state index >= 15 is 0 Å². The predicted molar refractivity (Wildman–Crippen MR) is 65.0 cm³/mol. The standard InChI is InChI=1S/C13H19NO4/c1-13(12(16)17)8-18-7-10(13)14-11(15)9-5-3-2-4-6-9/h2-3,9-10H,4-8H2,1H3,(H,14,15)(H,16,17). The molecule has 2 aliphatic rings. The molecule has 0 aromatic rings. The lowest BCUT2D eigenvalue weighted by Gasteiger charge is -2.27. The number of rotatable bonds is 3. The number of aliphatic carboxylic acids is 1. The molecule has 18 heavy (non-hydrogen) atoms. The fraction of sp³-hybridized carbons (Fsp3) is 0.692. The number of allylic oxidation sites excluding steroid dienone is 2. The van der Waals surface area contributed by atoms with Crippen molar-refractivity contribution in [3.8, 4) is 0 Å². The van der Waals surface area contributed by atoms with E-state index in [4.69, 9.17) is 4.74 Å². The lowest BCUT2D eigenvalue weighted by Crippen LogP contribution is -2.51. The fourth-order valence-electron chi connectivity index (χ4n) is 2.41. The molecule has 1 aliphatic carbocycles. The summed E-state index contributed by atoms with van der Waals surface area (Å²) in [6.07, 6.45) is 6.57. The van der Waals surface area contributed by atoms with Gasteiger partial charge in [-0.25, -0.2) is 0 Å². The number of carboxylic acid groups (broad SMARTS) is 1. The van der Waals surface area contributed by atoms with Crippen LogP contribution in [0.15, 0.2) is 12.2 Å². The third-order valence-corrected chi connectivity index (χ3v) is 3.90. The van der Waals surface area contributed by atoms with Crippen LogP contribution in [0.5, 0.6) is 0 Å². The average Bonchev–Trinajstić information content (AvgIpc) is 2.73. The summed E-state index contributed by atoms with van der Waals surface area (Å²) in [6.45, 7) is 2.04. The zero-order chi connectivity index (χ0) is 13.2. The Hall–Kier alpha value is -1.36. The SMILES string of the molecule is CC1(C(=O)O)COCC1NC(=O)C1CC=CCC1. The highest BCUT2D eigenvalue weighted by atomic mass is 16.5. The molecule has 1 fully saturated rings. The van der Waals surface area contributed by atoms with E-state index in [2.05, 4.69) is 11.4 Å². The molecule has 3 atom stereocenters. The van der Waals surface area contributed by atoms with E-state index < -0.39 is 17.4 Å². The van der Waals surface area contributed by atoms with Gasteiger partial charge < -0.3 is 15.2 Å². The number of carbonyl (C=O) groups excluding carboxylic acids is 1. The van der Waals surface area contributed by atoms with E-state index in [0.717, 1.165) is 19.3 Å². The number of carboxylic acids is 1. The van der Waals surface area contributed by atoms with Crippen molar-refractivity contribution in [1.29, 1.82) is 0 Å². The Balaban J connectivity index is 1.98. The van der Waals surface area contributed by atoms with Crippen molar-refractivity contribution in [2.24, 2.45) is 11.3 Å². The summed E-state index contributed by atoms with van der Waals surface area (Å²) >= 11 is 0. The van der Waals surface area contributed by atoms with Gasteiger partial charge in [-0.2, -0.15) is 0 Å². The lowest BCUT2D eigenvalue weighted by molar-refractivity contribution is -0.149. The first-order chi connectivity index (χ1) is 8.54. The van der Waals surface area contributed by atoms with Crippen LogP contribution in [-0.4, -0.2) is 36.2 Å². The maximum absolute atomic E-state index is 12.1. The molecule has 3 unspecified atom stereocenters. The van der Waals surface area contributed by atoms with Gasteiger partial charge in [-0.15, -0.1) is 0 Å². The first-order valence-corrected chi connectivity index (χ1v) is 6.30. The van der Waals surface area contributed by atoms with Crippen molar-refractivity contribution in [3.63, 3.8) is 0 Å². The molecule has 2 rings (SSSR count). The van der Waals surface area contributed by atoms with E-state index in [0.29, 0.717) is 0 Å². The summed E-state index contributed by atoms with van der Waals surface area (Å²) in [5.74, 6) is -1.01. The monoisotopic (exact) mass is 253 g/mol. The minimum absolute atomic E-state index is 0.0337. The Morgan fingerprint density at radius 1 is 1.44 bits per heavy atom. The van der Waals surface area contributed by atoms with Gasteiger partial charge in [0.05, 0.1) is 19.3 Å². The van der Waals surface area contributed by atoms with Crippen molar-refractivity contribution in [2.45, 2.75) is 32.2 Å². The average molecular weight is 253 g/mol. The van der Waals surface area contributed by atoms with E-state index in [1.165, 1.54) is 0 Å². The molecular weight excluding hydrogens is 234 g/mol. The fourth-order valence-corrected chi connectivity index (χ4v) is 2.41. The topological polar surface area (TPSA) is 75.6 Å². The molecule has 5 nitrogen and oxygen atoms in total. The highest BCUT2D eigenvalue weighted by Gasteiger charge is 2.47. The van der Waals surface area contributed by atoms with Crippen molar-refractivity contribution in [1.82, 2.24) is 5.32 Å². The van der Waals surface area contributed by atoms with Crippen LogP contribution < -0.4 is 5.32 Å². The summed E-state index contributed by atoms with van der Waals surface area (Å²) in [5.41, 5.74) is -1.01. The third-order valence-electron chi connectivity index (χ3n) is 3.90. The molecule has 1 saturated heterocycles. The van der Waals surface area contributed by atoms with Crippen LogP contribution in [0, 0.1) is 11.3 Å². The van der Waals surface area contributed by atoms with Crippen LogP contribution in [0.1, 0.15) is 26.2 Å². The first-order valence-electron chi connectivity index (χ1n) is 6.30. The molecule has 0 aromatic heterocycles. The van der Waals surface area contributed by atoms with Crippen LogP contribution in [-0.2, 0) is 14.3 Å².